The first kappa shape index (κ1) is 26.6. The molecule has 0 aromatic heterocycles. The smallest absolute Gasteiger partial charge is 0.242 e. The van der Waals surface area contributed by atoms with Crippen molar-refractivity contribution in [2.75, 3.05) is 34.5 Å². The monoisotopic (exact) mass is 450 g/mol. The van der Waals surface area contributed by atoms with Crippen molar-refractivity contribution in [3.63, 3.8) is 0 Å². The molecule has 2 aromatic rings. The Bertz CT molecular complexity index is 958. The van der Waals surface area contributed by atoms with E-state index in [9.17, 15) is 13.5 Å². The highest BCUT2D eigenvalue weighted by molar-refractivity contribution is 7.89. The van der Waals surface area contributed by atoms with Crippen LogP contribution < -0.4 is 16.6 Å². The van der Waals surface area contributed by atoms with E-state index in [-0.39, 0.29) is 24.0 Å². The van der Waals surface area contributed by atoms with E-state index in [4.69, 9.17) is 10.5 Å². The fourth-order valence-electron chi connectivity index (χ4n) is 2.74. The van der Waals surface area contributed by atoms with Crippen LogP contribution in [0.3, 0.4) is 0 Å². The number of hydrogen-bond donors (Lipinski definition) is 2. The van der Waals surface area contributed by atoms with Crippen LogP contribution in [0.2, 0.25) is 0 Å². The number of nitrogens with zero attached hydrogens (tertiary/aromatic N) is 2. The van der Waals surface area contributed by atoms with E-state index in [1.807, 2.05) is 12.1 Å². The molecule has 0 bridgehead atoms. The molecule has 5 N–H and O–H groups in total. The van der Waals surface area contributed by atoms with E-state index < -0.39 is 15.8 Å². The SMILES string of the molecule is COCN=C(N)c1ccc([O-])c(S(=O)(=O)N(C)CCc2ccc(C(C)C)cc2)c1.C[NH3+]. The molecule has 0 spiro atoms. The van der Waals surface area contributed by atoms with Crippen LogP contribution in [0, 0.1) is 0 Å². The minimum atomic E-state index is -3.96. The summed E-state index contributed by atoms with van der Waals surface area (Å²) in [5.41, 5.74) is 11.7. The van der Waals surface area contributed by atoms with Crippen LogP contribution in [-0.4, -0.2) is 53.0 Å². The Kier molecular flexibility index (Phi) is 10.6. The fourth-order valence-corrected chi connectivity index (χ4v) is 4.00. The third kappa shape index (κ3) is 7.32. The van der Waals surface area contributed by atoms with Gasteiger partial charge in [-0.3, -0.25) is 0 Å². The van der Waals surface area contributed by atoms with Crippen molar-refractivity contribution in [2.45, 2.75) is 31.1 Å². The molecule has 9 heteroatoms. The minimum absolute atomic E-state index is 0.0442. The molecule has 0 saturated heterocycles. The summed E-state index contributed by atoms with van der Waals surface area (Å²) < 4.78 is 31.9. The first-order valence-electron chi connectivity index (χ1n) is 10.0. The van der Waals surface area contributed by atoms with Gasteiger partial charge < -0.3 is 21.3 Å². The number of rotatable bonds is 9. The minimum Gasteiger partial charge on any atom is -0.872 e. The number of hydrogen-bond acceptors (Lipinski definition) is 5. The largest absolute Gasteiger partial charge is 0.872 e. The van der Waals surface area contributed by atoms with E-state index in [2.05, 4.69) is 36.7 Å². The van der Waals surface area contributed by atoms with Gasteiger partial charge in [0.1, 0.15) is 12.6 Å². The maximum atomic E-state index is 12.9. The maximum Gasteiger partial charge on any atom is 0.242 e. The molecule has 31 heavy (non-hydrogen) atoms. The van der Waals surface area contributed by atoms with Crippen LogP contribution in [0.1, 0.15) is 36.5 Å². The lowest BCUT2D eigenvalue weighted by Crippen LogP contribution is -2.40. The topological polar surface area (TPSA) is 136 Å². The summed E-state index contributed by atoms with van der Waals surface area (Å²) >= 11 is 0. The summed E-state index contributed by atoms with van der Waals surface area (Å²) in [6.45, 7) is 4.54. The molecule has 0 amide bonds. The molecule has 8 nitrogen and oxygen atoms in total. The van der Waals surface area contributed by atoms with Gasteiger partial charge in [-0.25, -0.2) is 17.7 Å². The van der Waals surface area contributed by atoms with Crippen LogP contribution in [0.25, 0.3) is 0 Å². The Morgan fingerprint density at radius 2 is 1.81 bits per heavy atom. The van der Waals surface area contributed by atoms with Crippen molar-refractivity contribution in [1.29, 1.82) is 0 Å². The zero-order valence-corrected chi connectivity index (χ0v) is 19.8. The van der Waals surface area contributed by atoms with Crippen LogP contribution >= 0.6 is 0 Å². The molecule has 0 unspecified atom stereocenters. The van der Waals surface area contributed by atoms with Gasteiger partial charge in [0.25, 0.3) is 0 Å². The van der Waals surface area contributed by atoms with Gasteiger partial charge in [-0.05, 0) is 29.5 Å². The standard InChI is InChI=1S/C21H29N3O4S.CH5N/c1-15(2)17-7-5-16(6-8-17)11-12-24(3)29(26,27)20-13-18(9-10-19(20)25)21(22)23-14-28-4;1-2/h5-10,13,15,25H,11-12,14H2,1-4H3,(H2,22,23);2H2,1H3. The molecule has 0 aliphatic rings. The van der Waals surface area contributed by atoms with Gasteiger partial charge in [0.05, 0.1) is 11.9 Å². The number of quaternary nitrogens is 1. The van der Waals surface area contributed by atoms with Crippen molar-refractivity contribution in [3.05, 3.63) is 59.2 Å². The Morgan fingerprint density at radius 1 is 1.19 bits per heavy atom. The van der Waals surface area contributed by atoms with Gasteiger partial charge in [0.2, 0.25) is 10.0 Å². The summed E-state index contributed by atoms with van der Waals surface area (Å²) in [7, 11) is 0.727. The molecule has 2 aromatic carbocycles. The molecule has 0 aliphatic carbocycles. The van der Waals surface area contributed by atoms with E-state index >= 15 is 0 Å². The predicted octanol–water partition coefficient (Wildman–Crippen LogP) is 0.914. The summed E-state index contributed by atoms with van der Waals surface area (Å²) in [4.78, 5) is 3.65. The summed E-state index contributed by atoms with van der Waals surface area (Å²) in [5.74, 6) is -0.0349. The van der Waals surface area contributed by atoms with Crippen molar-refractivity contribution < 1.29 is 24.0 Å². The van der Waals surface area contributed by atoms with Crippen LogP contribution in [0.4, 0.5) is 0 Å². The quantitative estimate of drug-likeness (QED) is 0.432. The number of ether oxygens (including phenoxy) is 1. The van der Waals surface area contributed by atoms with E-state index in [1.165, 1.54) is 42.2 Å². The first-order chi connectivity index (χ1) is 14.7. The van der Waals surface area contributed by atoms with Gasteiger partial charge in [0, 0.05) is 26.3 Å². The second kappa shape index (κ2) is 12.4. The Morgan fingerprint density at radius 3 is 2.35 bits per heavy atom. The molecule has 172 valence electrons. The number of amidine groups is 1. The average Bonchev–Trinajstić information content (AvgIpc) is 2.77. The molecule has 0 heterocycles. The molecule has 0 aliphatic heterocycles. The lowest BCUT2D eigenvalue weighted by molar-refractivity contribution is -0.325. The highest BCUT2D eigenvalue weighted by atomic mass is 32.2. The Labute approximate surface area is 185 Å². The third-order valence-electron chi connectivity index (χ3n) is 4.65. The summed E-state index contributed by atoms with van der Waals surface area (Å²) in [5, 5.41) is 12.2. The van der Waals surface area contributed by atoms with Crippen LogP contribution in [-0.2, 0) is 21.2 Å². The van der Waals surface area contributed by atoms with Crippen molar-refractivity contribution in [1.82, 2.24) is 4.31 Å². The van der Waals surface area contributed by atoms with Gasteiger partial charge in [-0.1, -0.05) is 56.0 Å². The number of aliphatic imine (C=N–C) groups is 1. The normalized spacial score (nSPS) is 12.1. The van der Waals surface area contributed by atoms with E-state index in [1.54, 1.807) is 7.05 Å². The van der Waals surface area contributed by atoms with Gasteiger partial charge in [0.15, 0.2) is 0 Å². The molecule has 0 fully saturated rings. The second-order valence-corrected chi connectivity index (χ2v) is 9.11. The van der Waals surface area contributed by atoms with Crippen molar-refractivity contribution in [3.8, 4) is 5.75 Å². The average molecular weight is 451 g/mol. The Hall–Kier alpha value is -2.46. The predicted molar refractivity (Wildman–Crippen MR) is 121 cm³/mol. The number of sulfonamides is 1. The zero-order chi connectivity index (χ0) is 23.6. The van der Waals surface area contributed by atoms with Crippen molar-refractivity contribution in [2.24, 2.45) is 10.7 Å². The van der Waals surface area contributed by atoms with Gasteiger partial charge in [-0.2, -0.15) is 0 Å². The number of likely N-dealkylation sites (N-methyl/N-ethyl adjacent to an activating group) is 1. The summed E-state index contributed by atoms with van der Waals surface area (Å²) in [6, 6.07) is 12.0. The molecular weight excluding hydrogens is 416 g/mol. The second-order valence-electron chi connectivity index (χ2n) is 7.10. The zero-order valence-electron chi connectivity index (χ0n) is 19.0. The van der Waals surface area contributed by atoms with E-state index in [0.29, 0.717) is 17.9 Å². The number of benzene rings is 2. The molecular formula is C22H34N4O4S. The lowest BCUT2D eigenvalue weighted by Gasteiger charge is -2.22. The van der Waals surface area contributed by atoms with E-state index in [0.717, 1.165) is 5.56 Å². The van der Waals surface area contributed by atoms with Crippen LogP contribution in [0.15, 0.2) is 52.4 Å². The molecule has 2 rings (SSSR count). The van der Waals surface area contributed by atoms with Crippen LogP contribution in [0.5, 0.6) is 5.75 Å². The molecule has 0 radical (unpaired) electrons. The molecule has 0 saturated carbocycles. The maximum absolute atomic E-state index is 12.9. The molecule has 0 atom stereocenters. The van der Waals surface area contributed by atoms with Gasteiger partial charge in [-0.15, -0.1) is 0 Å². The number of methoxy groups -OCH3 is 1. The lowest BCUT2D eigenvalue weighted by atomic mass is 10.0. The Balaban J connectivity index is 0.00000233. The van der Waals surface area contributed by atoms with Crippen molar-refractivity contribution >= 4 is 15.9 Å². The highest BCUT2D eigenvalue weighted by Crippen LogP contribution is 2.24. The first-order valence-corrected chi connectivity index (χ1v) is 11.5. The number of nitrogens with two attached hydrogens (primary N) is 1. The summed E-state index contributed by atoms with van der Waals surface area (Å²) in [6.07, 6.45) is 0.541. The van der Waals surface area contributed by atoms with Gasteiger partial charge >= 0.3 is 0 Å². The highest BCUT2D eigenvalue weighted by Gasteiger charge is 2.22. The fraction of sp³-hybridized carbons (Fsp3) is 0.409. The third-order valence-corrected chi connectivity index (χ3v) is 6.53.